The fourth-order valence-electron chi connectivity index (χ4n) is 3.50. The van der Waals surface area contributed by atoms with Gasteiger partial charge in [0.1, 0.15) is 5.82 Å². The molecule has 31 heavy (non-hydrogen) atoms. The Bertz CT molecular complexity index is 881. The molecular formula is C24H32FIN4O. The third kappa shape index (κ3) is 6.92. The maximum Gasteiger partial charge on any atom is 0.251 e. The monoisotopic (exact) mass is 538 g/mol. The topological polar surface area (TPSA) is 65.5 Å². The van der Waals surface area contributed by atoms with Crippen molar-refractivity contribution in [1.82, 2.24) is 16.0 Å². The summed E-state index contributed by atoms with van der Waals surface area (Å²) in [6, 6.07) is 14.6. The molecule has 1 fully saturated rings. The number of aliphatic imine (C=N–C) groups is 1. The van der Waals surface area contributed by atoms with E-state index in [0.717, 1.165) is 36.8 Å². The lowest BCUT2D eigenvalue weighted by atomic mass is 9.95. The molecule has 7 heteroatoms. The molecule has 0 heterocycles. The van der Waals surface area contributed by atoms with Gasteiger partial charge in [0.05, 0.1) is 0 Å². The fourth-order valence-corrected chi connectivity index (χ4v) is 3.50. The van der Waals surface area contributed by atoms with Gasteiger partial charge in [0.2, 0.25) is 0 Å². The Labute approximate surface area is 201 Å². The molecule has 168 valence electrons. The van der Waals surface area contributed by atoms with Crippen LogP contribution in [0.2, 0.25) is 0 Å². The highest BCUT2D eigenvalue weighted by Gasteiger charge is 2.45. The van der Waals surface area contributed by atoms with E-state index in [9.17, 15) is 9.18 Å². The molecular weight excluding hydrogens is 506 g/mol. The second-order valence-corrected chi connectivity index (χ2v) is 7.85. The van der Waals surface area contributed by atoms with Gasteiger partial charge < -0.3 is 16.0 Å². The second kappa shape index (κ2) is 12.0. The van der Waals surface area contributed by atoms with Crippen LogP contribution in [0.4, 0.5) is 4.39 Å². The van der Waals surface area contributed by atoms with Crippen LogP contribution in [0.3, 0.4) is 0 Å². The fraction of sp³-hybridized carbons (Fsp3) is 0.417. The molecule has 0 aliphatic heterocycles. The van der Waals surface area contributed by atoms with Gasteiger partial charge >= 0.3 is 0 Å². The first-order valence-electron chi connectivity index (χ1n) is 10.6. The molecule has 5 nitrogen and oxygen atoms in total. The maximum absolute atomic E-state index is 14.2. The summed E-state index contributed by atoms with van der Waals surface area (Å²) >= 11 is 0. The van der Waals surface area contributed by atoms with Gasteiger partial charge in [-0.2, -0.15) is 0 Å². The summed E-state index contributed by atoms with van der Waals surface area (Å²) in [5.74, 6) is 0.501. The zero-order chi connectivity index (χ0) is 21.4. The minimum absolute atomic E-state index is 0. The number of amides is 1. The molecule has 0 radical (unpaired) electrons. The highest BCUT2D eigenvalue weighted by molar-refractivity contribution is 14.0. The van der Waals surface area contributed by atoms with Gasteiger partial charge in [-0.25, -0.2) is 4.39 Å². The smallest absolute Gasteiger partial charge is 0.251 e. The summed E-state index contributed by atoms with van der Waals surface area (Å²) in [6.07, 6.45) is 3.99. The normalized spacial score (nSPS) is 14.4. The molecule has 0 unspecified atom stereocenters. The Morgan fingerprint density at radius 2 is 1.77 bits per heavy atom. The third-order valence-corrected chi connectivity index (χ3v) is 5.61. The predicted octanol–water partition coefficient (Wildman–Crippen LogP) is 4.37. The number of hydrogen-bond donors (Lipinski definition) is 3. The van der Waals surface area contributed by atoms with Crippen molar-refractivity contribution in [2.45, 2.75) is 44.6 Å². The van der Waals surface area contributed by atoms with E-state index in [1.165, 1.54) is 6.07 Å². The number of nitrogens with zero attached hydrogens (tertiary/aromatic N) is 1. The van der Waals surface area contributed by atoms with Crippen LogP contribution in [-0.2, 0) is 12.0 Å². The number of hydrogen-bond acceptors (Lipinski definition) is 2. The van der Waals surface area contributed by atoms with E-state index in [1.54, 1.807) is 13.1 Å². The zero-order valence-corrected chi connectivity index (χ0v) is 20.5. The number of rotatable bonds is 9. The van der Waals surface area contributed by atoms with Gasteiger partial charge in [0.15, 0.2) is 5.96 Å². The summed E-state index contributed by atoms with van der Waals surface area (Å²) in [7, 11) is 1.72. The number of carbonyl (C=O) groups excluding carboxylic acids is 1. The van der Waals surface area contributed by atoms with E-state index < -0.39 is 0 Å². The first kappa shape index (κ1) is 25.1. The molecule has 0 aromatic heterocycles. The highest BCUT2D eigenvalue weighted by atomic mass is 127. The number of carbonyl (C=O) groups is 1. The van der Waals surface area contributed by atoms with Gasteiger partial charge in [0.25, 0.3) is 5.91 Å². The number of guanidine groups is 1. The van der Waals surface area contributed by atoms with Crippen molar-refractivity contribution in [2.24, 2.45) is 4.99 Å². The van der Waals surface area contributed by atoms with E-state index in [4.69, 9.17) is 0 Å². The standard InChI is InChI=1S/C24H31FN4O.HI/c1-3-4-15-27-22(30)19-11-9-18(10-12-19)16-28-23(26-2)29-17-24(13-14-24)20-7-5-6-8-21(20)25;/h5-12H,3-4,13-17H2,1-2H3,(H,27,30)(H2,26,28,29);1H. The summed E-state index contributed by atoms with van der Waals surface area (Å²) in [5.41, 5.74) is 2.35. The molecule has 1 saturated carbocycles. The molecule has 2 aromatic rings. The molecule has 0 saturated heterocycles. The SMILES string of the molecule is CCCCNC(=O)c1ccc(CNC(=NC)NCC2(c3ccccc3F)CC2)cc1.I. The number of unbranched alkanes of at least 4 members (excludes halogenated alkanes) is 1. The van der Waals surface area contributed by atoms with Crippen LogP contribution in [0.15, 0.2) is 53.5 Å². The number of halogens is 2. The molecule has 3 rings (SSSR count). The molecule has 1 amide bonds. The van der Waals surface area contributed by atoms with Crippen LogP contribution in [0, 0.1) is 5.82 Å². The lowest BCUT2D eigenvalue weighted by Crippen LogP contribution is -2.41. The van der Waals surface area contributed by atoms with Crippen LogP contribution >= 0.6 is 24.0 Å². The van der Waals surface area contributed by atoms with Crippen LogP contribution in [0.25, 0.3) is 0 Å². The summed E-state index contributed by atoms with van der Waals surface area (Å²) < 4.78 is 14.2. The van der Waals surface area contributed by atoms with Crippen LogP contribution in [0.1, 0.15) is 54.1 Å². The lowest BCUT2D eigenvalue weighted by Gasteiger charge is -2.19. The summed E-state index contributed by atoms with van der Waals surface area (Å²) in [5, 5.41) is 9.54. The van der Waals surface area contributed by atoms with Crippen molar-refractivity contribution in [1.29, 1.82) is 0 Å². The highest BCUT2D eigenvalue weighted by Crippen LogP contribution is 2.48. The van der Waals surface area contributed by atoms with Gasteiger partial charge in [-0.1, -0.05) is 43.7 Å². The second-order valence-electron chi connectivity index (χ2n) is 7.85. The summed E-state index contributed by atoms with van der Waals surface area (Å²) in [6.45, 7) is 4.03. The summed E-state index contributed by atoms with van der Waals surface area (Å²) in [4.78, 5) is 16.4. The lowest BCUT2D eigenvalue weighted by molar-refractivity contribution is 0.0953. The van der Waals surface area contributed by atoms with Crippen molar-refractivity contribution in [3.8, 4) is 0 Å². The van der Waals surface area contributed by atoms with E-state index in [2.05, 4.69) is 27.9 Å². The van der Waals surface area contributed by atoms with E-state index in [-0.39, 0.29) is 41.1 Å². The minimum Gasteiger partial charge on any atom is -0.356 e. The Balaban J connectivity index is 0.00000341. The molecule has 1 aliphatic rings. The zero-order valence-electron chi connectivity index (χ0n) is 18.2. The van der Waals surface area contributed by atoms with Crippen LogP contribution in [0.5, 0.6) is 0 Å². The first-order chi connectivity index (χ1) is 14.6. The van der Waals surface area contributed by atoms with Crippen molar-refractivity contribution in [3.05, 3.63) is 71.0 Å². The molecule has 0 spiro atoms. The Morgan fingerprint density at radius 1 is 1.06 bits per heavy atom. The van der Waals surface area contributed by atoms with Gasteiger partial charge in [-0.05, 0) is 48.6 Å². The van der Waals surface area contributed by atoms with E-state index in [1.807, 2.05) is 36.4 Å². The van der Waals surface area contributed by atoms with Crippen LogP contribution in [-0.4, -0.2) is 32.0 Å². The molecule has 0 atom stereocenters. The third-order valence-electron chi connectivity index (χ3n) is 5.61. The first-order valence-corrected chi connectivity index (χ1v) is 10.6. The molecule has 1 aliphatic carbocycles. The Hall–Kier alpha value is -2.16. The minimum atomic E-state index is -0.143. The van der Waals surface area contributed by atoms with Crippen LogP contribution < -0.4 is 16.0 Å². The average Bonchev–Trinajstić information content (AvgIpc) is 3.55. The molecule has 3 N–H and O–H groups in total. The Morgan fingerprint density at radius 3 is 2.39 bits per heavy atom. The Kier molecular flexibility index (Phi) is 9.74. The van der Waals surface area contributed by atoms with Gasteiger partial charge in [-0.15, -0.1) is 24.0 Å². The molecule has 2 aromatic carbocycles. The van der Waals surface area contributed by atoms with E-state index >= 15 is 0 Å². The quantitative estimate of drug-likeness (QED) is 0.192. The predicted molar refractivity (Wildman–Crippen MR) is 135 cm³/mol. The van der Waals surface area contributed by atoms with Crippen molar-refractivity contribution >= 4 is 35.8 Å². The van der Waals surface area contributed by atoms with Crippen molar-refractivity contribution in [2.75, 3.05) is 20.1 Å². The largest absolute Gasteiger partial charge is 0.356 e. The molecule has 0 bridgehead atoms. The van der Waals surface area contributed by atoms with E-state index in [0.29, 0.717) is 31.2 Å². The number of nitrogens with one attached hydrogen (secondary N) is 3. The maximum atomic E-state index is 14.2. The van der Waals surface area contributed by atoms with Crippen molar-refractivity contribution < 1.29 is 9.18 Å². The average molecular weight is 538 g/mol. The van der Waals surface area contributed by atoms with Gasteiger partial charge in [0, 0.05) is 37.7 Å². The number of benzene rings is 2. The van der Waals surface area contributed by atoms with Crippen molar-refractivity contribution in [3.63, 3.8) is 0 Å². The van der Waals surface area contributed by atoms with Gasteiger partial charge in [-0.3, -0.25) is 9.79 Å².